The Morgan fingerprint density at radius 1 is 1.11 bits per heavy atom. The zero-order valence-corrected chi connectivity index (χ0v) is 13.1. The number of benzene rings is 2. The van der Waals surface area contributed by atoms with Crippen molar-refractivity contribution in [2.45, 2.75) is 6.92 Å². The highest BCUT2D eigenvalue weighted by molar-refractivity contribution is 9.10. The van der Waals surface area contributed by atoms with Gasteiger partial charge in [-0.3, -0.25) is 4.79 Å². The van der Waals surface area contributed by atoms with Crippen LogP contribution in [0.15, 0.2) is 40.9 Å². The minimum Gasteiger partial charge on any atom is -0.322 e. The first-order chi connectivity index (χ1) is 8.97. The van der Waals surface area contributed by atoms with Gasteiger partial charge in [-0.05, 0) is 64.8 Å². The molecule has 0 spiro atoms. The van der Waals surface area contributed by atoms with Crippen molar-refractivity contribution in [1.82, 2.24) is 0 Å². The largest absolute Gasteiger partial charge is 0.322 e. The summed E-state index contributed by atoms with van der Waals surface area (Å²) in [6.45, 7) is 1.89. The van der Waals surface area contributed by atoms with Gasteiger partial charge in [-0.15, -0.1) is 0 Å². The normalized spacial score (nSPS) is 10.3. The summed E-state index contributed by atoms with van der Waals surface area (Å²) >= 11 is 15.1. The van der Waals surface area contributed by atoms with Gasteiger partial charge in [-0.2, -0.15) is 0 Å². The minimum atomic E-state index is -0.200. The first-order valence-corrected chi connectivity index (χ1v) is 7.05. The van der Waals surface area contributed by atoms with Crippen LogP contribution in [0, 0.1) is 6.92 Å². The Morgan fingerprint density at radius 2 is 1.74 bits per heavy atom. The van der Waals surface area contributed by atoms with Crippen LogP contribution in [0.4, 0.5) is 5.69 Å². The number of rotatable bonds is 2. The third-order valence-electron chi connectivity index (χ3n) is 2.61. The van der Waals surface area contributed by atoms with Gasteiger partial charge in [-0.1, -0.05) is 23.2 Å². The number of anilines is 1. The molecular formula is C14H10BrCl2NO. The number of aryl methyl sites for hydroxylation is 1. The van der Waals surface area contributed by atoms with Crippen LogP contribution in [-0.4, -0.2) is 5.91 Å². The van der Waals surface area contributed by atoms with Gasteiger partial charge in [-0.25, -0.2) is 0 Å². The number of halogens is 3. The summed E-state index contributed by atoms with van der Waals surface area (Å²) in [6.07, 6.45) is 0. The van der Waals surface area contributed by atoms with Crippen molar-refractivity contribution in [3.63, 3.8) is 0 Å². The maximum Gasteiger partial charge on any atom is 0.256 e. The van der Waals surface area contributed by atoms with Gasteiger partial charge in [0.15, 0.2) is 0 Å². The molecule has 0 saturated heterocycles. The predicted molar refractivity (Wildman–Crippen MR) is 83.3 cm³/mol. The summed E-state index contributed by atoms with van der Waals surface area (Å²) in [7, 11) is 0. The molecule has 0 fully saturated rings. The van der Waals surface area contributed by atoms with Crippen molar-refractivity contribution in [1.29, 1.82) is 0 Å². The van der Waals surface area contributed by atoms with E-state index < -0.39 is 0 Å². The molecule has 2 aromatic carbocycles. The first kappa shape index (κ1) is 14.4. The fraction of sp³-hybridized carbons (Fsp3) is 0.0714. The summed E-state index contributed by atoms with van der Waals surface area (Å²) < 4.78 is 0.657. The molecule has 0 aromatic heterocycles. The van der Waals surface area contributed by atoms with E-state index in [-0.39, 0.29) is 5.91 Å². The SMILES string of the molecule is Cc1cc(Cl)ccc1NC(=O)c1ccc(Cl)cc1Br. The van der Waals surface area contributed by atoms with E-state index in [1.54, 1.807) is 36.4 Å². The molecule has 0 bridgehead atoms. The standard InChI is InChI=1S/C14H10BrCl2NO/c1-8-6-9(16)3-5-13(8)18-14(19)11-4-2-10(17)7-12(11)15/h2-7H,1H3,(H,18,19). The number of amides is 1. The van der Waals surface area contributed by atoms with Crippen LogP contribution in [0.25, 0.3) is 0 Å². The van der Waals surface area contributed by atoms with E-state index in [1.807, 2.05) is 6.92 Å². The van der Waals surface area contributed by atoms with Gasteiger partial charge in [0.1, 0.15) is 0 Å². The molecule has 0 saturated carbocycles. The van der Waals surface area contributed by atoms with E-state index in [9.17, 15) is 4.79 Å². The van der Waals surface area contributed by atoms with Crippen LogP contribution in [0.3, 0.4) is 0 Å². The molecule has 0 aliphatic carbocycles. The lowest BCUT2D eigenvalue weighted by Gasteiger charge is -2.10. The van der Waals surface area contributed by atoms with E-state index >= 15 is 0 Å². The first-order valence-electron chi connectivity index (χ1n) is 5.50. The fourth-order valence-corrected chi connectivity index (χ4v) is 2.72. The van der Waals surface area contributed by atoms with Crippen LogP contribution >= 0.6 is 39.1 Å². The van der Waals surface area contributed by atoms with Crippen molar-refractivity contribution in [3.8, 4) is 0 Å². The summed E-state index contributed by atoms with van der Waals surface area (Å²) in [6, 6.07) is 10.3. The highest BCUT2D eigenvalue weighted by Crippen LogP contribution is 2.24. The zero-order chi connectivity index (χ0) is 14.0. The van der Waals surface area contributed by atoms with Crippen molar-refractivity contribution >= 4 is 50.7 Å². The van der Waals surface area contributed by atoms with Crippen molar-refractivity contribution < 1.29 is 4.79 Å². The van der Waals surface area contributed by atoms with Crippen LogP contribution in [0.5, 0.6) is 0 Å². The zero-order valence-electron chi connectivity index (χ0n) is 10.0. The molecule has 5 heteroatoms. The maximum atomic E-state index is 12.2. The third kappa shape index (κ3) is 3.50. The summed E-state index contributed by atoms with van der Waals surface area (Å²) in [5.41, 5.74) is 2.17. The highest BCUT2D eigenvalue weighted by atomic mass is 79.9. The van der Waals surface area contributed by atoms with Gasteiger partial charge in [0.25, 0.3) is 5.91 Å². The smallest absolute Gasteiger partial charge is 0.256 e. The van der Waals surface area contributed by atoms with E-state index in [2.05, 4.69) is 21.2 Å². The Labute approximate surface area is 129 Å². The van der Waals surface area contributed by atoms with E-state index in [0.717, 1.165) is 11.3 Å². The third-order valence-corrected chi connectivity index (χ3v) is 3.74. The lowest BCUT2D eigenvalue weighted by Crippen LogP contribution is -2.13. The van der Waals surface area contributed by atoms with Crippen molar-refractivity contribution in [3.05, 3.63) is 62.0 Å². The maximum absolute atomic E-state index is 12.2. The van der Waals surface area contributed by atoms with Crippen molar-refractivity contribution in [2.24, 2.45) is 0 Å². The molecule has 0 radical (unpaired) electrons. The average Bonchev–Trinajstić information content (AvgIpc) is 2.32. The summed E-state index contributed by atoms with van der Waals surface area (Å²) in [4.78, 5) is 12.2. The Hall–Kier alpha value is -1.03. The highest BCUT2D eigenvalue weighted by Gasteiger charge is 2.11. The molecule has 0 unspecified atom stereocenters. The lowest BCUT2D eigenvalue weighted by molar-refractivity contribution is 0.102. The quantitative estimate of drug-likeness (QED) is 0.773. The molecule has 2 aromatic rings. The van der Waals surface area contributed by atoms with E-state index in [1.165, 1.54) is 0 Å². The van der Waals surface area contributed by atoms with Gasteiger partial charge in [0, 0.05) is 20.2 Å². The second-order valence-corrected chi connectivity index (χ2v) is 5.76. The van der Waals surface area contributed by atoms with Crippen LogP contribution < -0.4 is 5.32 Å². The number of nitrogens with one attached hydrogen (secondary N) is 1. The van der Waals surface area contributed by atoms with Crippen molar-refractivity contribution in [2.75, 3.05) is 5.32 Å². The molecule has 1 N–H and O–H groups in total. The molecule has 0 atom stereocenters. The van der Waals surface area contributed by atoms with Gasteiger partial charge < -0.3 is 5.32 Å². The molecule has 98 valence electrons. The van der Waals surface area contributed by atoms with Gasteiger partial charge in [0.2, 0.25) is 0 Å². The molecule has 2 rings (SSSR count). The van der Waals surface area contributed by atoms with E-state index in [4.69, 9.17) is 23.2 Å². The Balaban J connectivity index is 2.25. The topological polar surface area (TPSA) is 29.1 Å². The number of carbonyl (C=O) groups is 1. The molecular weight excluding hydrogens is 349 g/mol. The monoisotopic (exact) mass is 357 g/mol. The number of hydrogen-bond donors (Lipinski definition) is 1. The molecule has 1 amide bonds. The second kappa shape index (κ2) is 5.95. The molecule has 0 aliphatic heterocycles. The molecule has 0 aliphatic rings. The molecule has 0 heterocycles. The summed E-state index contributed by atoms with van der Waals surface area (Å²) in [5.74, 6) is -0.200. The average molecular weight is 359 g/mol. The van der Waals surface area contributed by atoms with Crippen LogP contribution in [-0.2, 0) is 0 Å². The molecule has 2 nitrogen and oxygen atoms in total. The van der Waals surface area contributed by atoms with Gasteiger partial charge >= 0.3 is 0 Å². The van der Waals surface area contributed by atoms with Crippen LogP contribution in [0.2, 0.25) is 10.0 Å². The second-order valence-electron chi connectivity index (χ2n) is 4.04. The predicted octanol–water partition coefficient (Wildman–Crippen LogP) is 5.32. The Bertz CT molecular complexity index is 643. The van der Waals surface area contributed by atoms with E-state index in [0.29, 0.717) is 20.1 Å². The minimum absolute atomic E-state index is 0.200. The Kier molecular flexibility index (Phi) is 4.50. The summed E-state index contributed by atoms with van der Waals surface area (Å²) in [5, 5.41) is 4.06. The lowest BCUT2D eigenvalue weighted by atomic mass is 10.1. The Morgan fingerprint density at radius 3 is 2.37 bits per heavy atom. The fourth-order valence-electron chi connectivity index (χ4n) is 1.63. The number of hydrogen-bond acceptors (Lipinski definition) is 1. The van der Waals surface area contributed by atoms with Gasteiger partial charge in [0.05, 0.1) is 5.56 Å². The van der Waals surface area contributed by atoms with Crippen LogP contribution in [0.1, 0.15) is 15.9 Å². The number of carbonyl (C=O) groups excluding carboxylic acids is 1. The molecule has 19 heavy (non-hydrogen) atoms.